The zero-order valence-corrected chi connectivity index (χ0v) is 16.1. The number of carboxylic acid groups (broad SMARTS) is 1. The first-order chi connectivity index (χ1) is 14.4. The number of nitrogens with zero attached hydrogens (tertiary/aromatic N) is 1. The topological polar surface area (TPSA) is 132 Å². The average Bonchev–Trinajstić information content (AvgIpc) is 2.70. The molecule has 1 unspecified atom stereocenters. The highest BCUT2D eigenvalue weighted by atomic mass is 16.5. The predicted molar refractivity (Wildman–Crippen MR) is 108 cm³/mol. The molecule has 3 amide bonds. The number of benzene rings is 2. The maximum Gasteiger partial charge on any atom is 0.413 e. The summed E-state index contributed by atoms with van der Waals surface area (Å²) >= 11 is 0. The van der Waals surface area contributed by atoms with Gasteiger partial charge in [-0.3, -0.25) is 20.4 Å². The Kier molecular flexibility index (Phi) is 6.63. The second-order valence-electron chi connectivity index (χ2n) is 6.76. The van der Waals surface area contributed by atoms with Gasteiger partial charge in [0.25, 0.3) is 0 Å². The monoisotopic (exact) mass is 410 g/mol. The third-order valence-electron chi connectivity index (χ3n) is 4.72. The maximum absolute atomic E-state index is 12.1. The van der Waals surface area contributed by atoms with Crippen LogP contribution in [0.5, 0.6) is 0 Å². The number of amides is 3. The maximum atomic E-state index is 12.1. The number of rotatable bonds is 6. The Labute approximate surface area is 173 Å². The zero-order chi connectivity index (χ0) is 21.5. The Balaban J connectivity index is 1.44. The Morgan fingerprint density at radius 2 is 1.77 bits per heavy atom. The van der Waals surface area contributed by atoms with Crippen LogP contribution in [-0.4, -0.2) is 46.5 Å². The number of alkyl carbamates (subject to hydrolysis) is 1. The van der Waals surface area contributed by atoms with Gasteiger partial charge >= 0.3 is 12.2 Å². The number of likely N-dealkylation sites (tertiary alicyclic amines) is 1. The number of ether oxygens (including phenoxy) is 1. The van der Waals surface area contributed by atoms with Crippen molar-refractivity contribution in [1.29, 1.82) is 5.41 Å². The van der Waals surface area contributed by atoms with Crippen LogP contribution in [0.15, 0.2) is 54.6 Å². The van der Waals surface area contributed by atoms with E-state index in [-0.39, 0.29) is 24.9 Å². The molecule has 1 saturated heterocycles. The van der Waals surface area contributed by atoms with Gasteiger partial charge in [0, 0.05) is 18.7 Å². The van der Waals surface area contributed by atoms with Gasteiger partial charge in [0.05, 0.1) is 0 Å². The molecule has 1 heterocycles. The molecule has 0 bridgehead atoms. The Bertz CT molecular complexity index is 930. The molecular weight excluding hydrogens is 388 g/mol. The van der Waals surface area contributed by atoms with E-state index < -0.39 is 18.2 Å². The minimum atomic E-state index is -1.10. The van der Waals surface area contributed by atoms with Crippen molar-refractivity contribution >= 4 is 23.9 Å². The van der Waals surface area contributed by atoms with E-state index in [4.69, 9.17) is 15.3 Å². The largest absolute Gasteiger partial charge is 0.465 e. The van der Waals surface area contributed by atoms with Gasteiger partial charge in [0.1, 0.15) is 18.5 Å². The predicted octanol–water partition coefficient (Wildman–Crippen LogP) is 2.31. The van der Waals surface area contributed by atoms with Crippen LogP contribution in [0.1, 0.15) is 23.1 Å². The summed E-state index contributed by atoms with van der Waals surface area (Å²) in [6.07, 6.45) is -1.30. The summed E-state index contributed by atoms with van der Waals surface area (Å²) in [7, 11) is 0. The van der Waals surface area contributed by atoms with Crippen LogP contribution in [0, 0.1) is 5.41 Å². The molecule has 0 aliphatic carbocycles. The minimum Gasteiger partial charge on any atom is -0.465 e. The molecule has 9 nitrogen and oxygen atoms in total. The second-order valence-corrected chi connectivity index (χ2v) is 6.76. The molecule has 156 valence electrons. The van der Waals surface area contributed by atoms with E-state index in [0.29, 0.717) is 18.5 Å². The Hall–Kier alpha value is -3.88. The molecule has 9 heteroatoms. The number of amidine groups is 1. The SMILES string of the molecule is N=C(NC(=O)OCc1ccccc1)c1ccc(CNC(=O)C2CCN2C(=O)O)cc1. The zero-order valence-electron chi connectivity index (χ0n) is 16.1. The molecule has 2 aromatic carbocycles. The molecule has 0 spiro atoms. The van der Waals surface area contributed by atoms with Gasteiger partial charge in [0.2, 0.25) is 5.91 Å². The molecule has 4 N–H and O–H groups in total. The highest BCUT2D eigenvalue weighted by Crippen LogP contribution is 2.17. The van der Waals surface area contributed by atoms with Crippen LogP contribution in [0.2, 0.25) is 0 Å². The van der Waals surface area contributed by atoms with E-state index in [1.165, 1.54) is 0 Å². The van der Waals surface area contributed by atoms with Crippen LogP contribution < -0.4 is 10.6 Å². The van der Waals surface area contributed by atoms with Crippen molar-refractivity contribution in [1.82, 2.24) is 15.5 Å². The lowest BCUT2D eigenvalue weighted by Crippen LogP contribution is -2.57. The summed E-state index contributed by atoms with van der Waals surface area (Å²) in [4.78, 5) is 36.0. The molecular formula is C21H22N4O5. The average molecular weight is 410 g/mol. The van der Waals surface area contributed by atoms with Crippen molar-refractivity contribution in [3.8, 4) is 0 Å². The molecule has 3 rings (SSSR count). The summed E-state index contributed by atoms with van der Waals surface area (Å²) in [5.41, 5.74) is 2.12. The normalized spacial score (nSPS) is 14.9. The highest BCUT2D eigenvalue weighted by Gasteiger charge is 2.37. The quantitative estimate of drug-likeness (QED) is 0.429. The number of carbonyl (C=O) groups is 3. The molecule has 0 radical (unpaired) electrons. The van der Waals surface area contributed by atoms with Crippen LogP contribution in [0.25, 0.3) is 0 Å². The van der Waals surface area contributed by atoms with E-state index in [1.54, 1.807) is 24.3 Å². The summed E-state index contributed by atoms with van der Waals surface area (Å²) < 4.78 is 5.09. The van der Waals surface area contributed by atoms with Crippen molar-refractivity contribution in [2.24, 2.45) is 0 Å². The lowest BCUT2D eigenvalue weighted by atomic mass is 10.0. The fraction of sp³-hybridized carbons (Fsp3) is 0.238. The fourth-order valence-electron chi connectivity index (χ4n) is 2.92. The molecule has 1 atom stereocenters. The molecule has 1 aliphatic heterocycles. The highest BCUT2D eigenvalue weighted by molar-refractivity contribution is 6.04. The van der Waals surface area contributed by atoms with Gasteiger partial charge in [-0.05, 0) is 17.5 Å². The summed E-state index contributed by atoms with van der Waals surface area (Å²) in [5.74, 6) is -0.432. The fourth-order valence-corrected chi connectivity index (χ4v) is 2.92. The third-order valence-corrected chi connectivity index (χ3v) is 4.72. The van der Waals surface area contributed by atoms with E-state index in [9.17, 15) is 14.4 Å². The van der Waals surface area contributed by atoms with E-state index in [1.807, 2.05) is 30.3 Å². The third kappa shape index (κ3) is 5.34. The number of nitrogens with one attached hydrogen (secondary N) is 3. The van der Waals surface area contributed by atoms with Crippen molar-refractivity contribution in [3.63, 3.8) is 0 Å². The molecule has 0 aromatic heterocycles. The number of carbonyl (C=O) groups excluding carboxylic acids is 2. The lowest BCUT2D eigenvalue weighted by Gasteiger charge is -2.37. The number of hydrogen-bond donors (Lipinski definition) is 4. The van der Waals surface area contributed by atoms with E-state index >= 15 is 0 Å². The van der Waals surface area contributed by atoms with Crippen LogP contribution in [-0.2, 0) is 22.7 Å². The molecule has 30 heavy (non-hydrogen) atoms. The van der Waals surface area contributed by atoms with Gasteiger partial charge < -0.3 is 15.2 Å². The molecule has 0 saturated carbocycles. The second kappa shape index (κ2) is 9.55. The summed E-state index contributed by atoms with van der Waals surface area (Å²) in [6.45, 7) is 0.715. The summed E-state index contributed by atoms with van der Waals surface area (Å²) in [5, 5.41) is 22.0. The van der Waals surface area contributed by atoms with Crippen molar-refractivity contribution in [2.45, 2.75) is 25.6 Å². The van der Waals surface area contributed by atoms with Crippen molar-refractivity contribution in [3.05, 3.63) is 71.3 Å². The van der Waals surface area contributed by atoms with Gasteiger partial charge in [-0.1, -0.05) is 54.6 Å². The van der Waals surface area contributed by atoms with Crippen LogP contribution >= 0.6 is 0 Å². The van der Waals surface area contributed by atoms with E-state index in [2.05, 4.69) is 10.6 Å². The number of hydrogen-bond acceptors (Lipinski definition) is 5. The first-order valence-electron chi connectivity index (χ1n) is 9.37. The van der Waals surface area contributed by atoms with Gasteiger partial charge in [-0.25, -0.2) is 9.59 Å². The van der Waals surface area contributed by atoms with Crippen LogP contribution in [0.4, 0.5) is 9.59 Å². The van der Waals surface area contributed by atoms with Crippen LogP contribution in [0.3, 0.4) is 0 Å². The molecule has 1 fully saturated rings. The Morgan fingerprint density at radius 3 is 2.37 bits per heavy atom. The lowest BCUT2D eigenvalue weighted by molar-refractivity contribution is -0.129. The standard InChI is InChI=1S/C21H22N4O5/c22-18(24-20(27)30-13-15-4-2-1-3-5-15)16-8-6-14(7-9-16)12-23-19(26)17-10-11-25(17)21(28)29/h1-9,17H,10-13H2,(H,23,26)(H,28,29)(H2,22,24,27). The molecule has 1 aliphatic rings. The smallest absolute Gasteiger partial charge is 0.413 e. The van der Waals surface area contributed by atoms with Gasteiger partial charge in [0.15, 0.2) is 0 Å². The minimum absolute atomic E-state index is 0.102. The van der Waals surface area contributed by atoms with Crippen molar-refractivity contribution in [2.75, 3.05) is 6.54 Å². The van der Waals surface area contributed by atoms with Gasteiger partial charge in [-0.2, -0.15) is 0 Å². The summed E-state index contributed by atoms with van der Waals surface area (Å²) in [6, 6.07) is 15.3. The Morgan fingerprint density at radius 1 is 1.07 bits per heavy atom. The van der Waals surface area contributed by atoms with Crippen molar-refractivity contribution < 1.29 is 24.2 Å². The van der Waals surface area contributed by atoms with E-state index in [0.717, 1.165) is 16.0 Å². The first-order valence-corrected chi connectivity index (χ1v) is 9.37. The van der Waals surface area contributed by atoms with Gasteiger partial charge in [-0.15, -0.1) is 0 Å². The first kappa shape index (κ1) is 20.8. The molecule has 2 aromatic rings.